The lowest BCUT2D eigenvalue weighted by molar-refractivity contribution is -0.242. The molecule has 124 valence electrons. The summed E-state index contributed by atoms with van der Waals surface area (Å²) in [4.78, 5) is 0. The molecule has 2 atom stereocenters. The molecular weight excluding hydrogens is 286 g/mol. The summed E-state index contributed by atoms with van der Waals surface area (Å²) in [5, 5.41) is 10.7. The maximum absolute atomic E-state index is 10.7. The second-order valence-electron chi connectivity index (χ2n) is 5.77. The smallest absolute Gasteiger partial charge is 0.183 e. The molecule has 0 saturated carbocycles. The number of methoxy groups -OCH3 is 4. The van der Waals surface area contributed by atoms with E-state index in [1.807, 2.05) is 6.07 Å². The van der Waals surface area contributed by atoms with Gasteiger partial charge in [-0.15, -0.1) is 0 Å². The minimum absolute atomic E-state index is 0.293. The van der Waals surface area contributed by atoms with Crippen LogP contribution in [-0.2, 0) is 15.9 Å². The van der Waals surface area contributed by atoms with E-state index in [0.717, 1.165) is 11.1 Å². The zero-order chi connectivity index (χ0) is 16.5. The molecule has 1 aromatic rings. The summed E-state index contributed by atoms with van der Waals surface area (Å²) in [5.74, 6) is 0.264. The van der Waals surface area contributed by atoms with Gasteiger partial charge >= 0.3 is 0 Å². The predicted molar refractivity (Wildman–Crippen MR) is 82.2 cm³/mol. The Morgan fingerprint density at radius 3 is 2.18 bits per heavy atom. The van der Waals surface area contributed by atoms with Crippen LogP contribution in [0.4, 0.5) is 0 Å². The molecule has 0 amide bonds. The molecule has 3 N–H and O–H groups in total. The molecule has 6 nitrogen and oxygen atoms in total. The Bertz CT molecular complexity index is 544. The van der Waals surface area contributed by atoms with Crippen LogP contribution in [0.2, 0.25) is 0 Å². The van der Waals surface area contributed by atoms with Gasteiger partial charge in [0.2, 0.25) is 0 Å². The zero-order valence-corrected chi connectivity index (χ0v) is 13.8. The highest BCUT2D eigenvalue weighted by Crippen LogP contribution is 2.47. The molecule has 0 aliphatic heterocycles. The van der Waals surface area contributed by atoms with Crippen LogP contribution in [0.15, 0.2) is 12.1 Å². The topological polar surface area (TPSA) is 83.2 Å². The summed E-state index contributed by atoms with van der Waals surface area (Å²) in [6.07, 6.45) is -0.0527. The quantitative estimate of drug-likeness (QED) is 0.800. The molecule has 0 fully saturated rings. The number of aliphatic hydroxyl groups excluding tert-OH is 1. The van der Waals surface area contributed by atoms with E-state index >= 15 is 0 Å². The fraction of sp³-hybridized carbons (Fsp3) is 0.625. The summed E-state index contributed by atoms with van der Waals surface area (Å²) < 4.78 is 21.8. The normalized spacial score (nSPS) is 24.8. The van der Waals surface area contributed by atoms with E-state index in [0.29, 0.717) is 24.3 Å². The Kier molecular flexibility index (Phi) is 4.67. The predicted octanol–water partition coefficient (Wildman–Crippen LogP) is 1.39. The molecule has 0 heterocycles. The van der Waals surface area contributed by atoms with Crippen LogP contribution >= 0.6 is 0 Å². The molecule has 0 bridgehead atoms. The van der Waals surface area contributed by atoms with Crippen molar-refractivity contribution in [2.75, 3.05) is 28.4 Å². The molecule has 2 unspecified atom stereocenters. The molecule has 22 heavy (non-hydrogen) atoms. The fourth-order valence-corrected chi connectivity index (χ4v) is 3.21. The van der Waals surface area contributed by atoms with Crippen molar-refractivity contribution in [3.63, 3.8) is 0 Å². The van der Waals surface area contributed by atoms with Gasteiger partial charge in [-0.3, -0.25) is 0 Å². The zero-order valence-electron chi connectivity index (χ0n) is 13.8. The third-order valence-corrected chi connectivity index (χ3v) is 4.78. The Balaban J connectivity index is 2.58. The van der Waals surface area contributed by atoms with E-state index < -0.39 is 17.4 Å². The molecular formula is C16H25NO5. The first kappa shape index (κ1) is 17.0. The number of aliphatic hydroxyl groups is 1. The van der Waals surface area contributed by atoms with Gasteiger partial charge in [0.05, 0.1) is 25.9 Å². The molecule has 1 aliphatic carbocycles. The van der Waals surface area contributed by atoms with Gasteiger partial charge in [0.25, 0.3) is 0 Å². The molecule has 1 aromatic carbocycles. The lowest BCUT2D eigenvalue weighted by atomic mass is 9.72. The van der Waals surface area contributed by atoms with Crippen molar-refractivity contribution in [2.24, 2.45) is 5.73 Å². The van der Waals surface area contributed by atoms with Crippen molar-refractivity contribution in [1.29, 1.82) is 0 Å². The summed E-state index contributed by atoms with van der Waals surface area (Å²) in [6, 6.07) is 3.60. The van der Waals surface area contributed by atoms with E-state index in [-0.39, 0.29) is 0 Å². The number of hydrogen-bond acceptors (Lipinski definition) is 6. The number of fused-ring (bicyclic) bond motifs is 1. The number of rotatable bonds is 5. The van der Waals surface area contributed by atoms with Gasteiger partial charge in [0.15, 0.2) is 5.79 Å². The van der Waals surface area contributed by atoms with Crippen molar-refractivity contribution in [3.8, 4) is 11.5 Å². The van der Waals surface area contributed by atoms with Crippen LogP contribution < -0.4 is 15.2 Å². The van der Waals surface area contributed by atoms with Gasteiger partial charge in [-0.25, -0.2) is 0 Å². The lowest BCUT2D eigenvalue weighted by Crippen LogP contribution is -2.64. The van der Waals surface area contributed by atoms with Gasteiger partial charge in [-0.2, -0.15) is 0 Å². The SMILES string of the molecule is COc1ccc(OC)c2c1CC(N)(C(C)(OC)OC)CC2O. The average Bonchev–Trinajstić information content (AvgIpc) is 2.52. The van der Waals surface area contributed by atoms with E-state index in [1.54, 1.807) is 41.4 Å². The van der Waals surface area contributed by atoms with E-state index in [9.17, 15) is 5.11 Å². The van der Waals surface area contributed by atoms with E-state index in [2.05, 4.69) is 0 Å². The molecule has 0 radical (unpaired) electrons. The molecule has 1 aliphatic rings. The second kappa shape index (κ2) is 6.04. The van der Waals surface area contributed by atoms with Crippen molar-refractivity contribution >= 4 is 0 Å². The number of nitrogens with two attached hydrogens (primary N) is 1. The summed E-state index contributed by atoms with van der Waals surface area (Å²) in [6.45, 7) is 1.78. The van der Waals surface area contributed by atoms with E-state index in [4.69, 9.17) is 24.7 Å². The fourth-order valence-electron chi connectivity index (χ4n) is 3.21. The molecule has 0 spiro atoms. The highest BCUT2D eigenvalue weighted by Gasteiger charge is 2.51. The first-order chi connectivity index (χ1) is 10.4. The minimum atomic E-state index is -1.03. The van der Waals surface area contributed by atoms with Crippen LogP contribution in [0.25, 0.3) is 0 Å². The maximum Gasteiger partial charge on any atom is 0.183 e. The lowest BCUT2D eigenvalue weighted by Gasteiger charge is -2.48. The van der Waals surface area contributed by atoms with Crippen LogP contribution in [0, 0.1) is 0 Å². The van der Waals surface area contributed by atoms with Gasteiger partial charge in [-0.1, -0.05) is 0 Å². The number of benzene rings is 1. The highest BCUT2D eigenvalue weighted by molar-refractivity contribution is 5.52. The van der Waals surface area contributed by atoms with Crippen LogP contribution in [0.1, 0.15) is 30.6 Å². The third kappa shape index (κ3) is 2.46. The first-order valence-electron chi connectivity index (χ1n) is 7.16. The number of ether oxygens (including phenoxy) is 4. The average molecular weight is 311 g/mol. The largest absolute Gasteiger partial charge is 0.496 e. The Hall–Kier alpha value is -1.34. The van der Waals surface area contributed by atoms with Crippen LogP contribution in [0.3, 0.4) is 0 Å². The highest BCUT2D eigenvalue weighted by atomic mass is 16.7. The summed E-state index contributed by atoms with van der Waals surface area (Å²) in [7, 11) is 6.26. The van der Waals surface area contributed by atoms with Crippen molar-refractivity contribution < 1.29 is 24.1 Å². The second-order valence-corrected chi connectivity index (χ2v) is 5.77. The Labute approximate surface area is 131 Å². The molecule has 0 aromatic heterocycles. The van der Waals surface area contributed by atoms with Crippen molar-refractivity contribution in [1.82, 2.24) is 0 Å². The van der Waals surface area contributed by atoms with Crippen LogP contribution in [0.5, 0.6) is 11.5 Å². The molecule has 6 heteroatoms. The van der Waals surface area contributed by atoms with Gasteiger partial charge in [-0.05, 0) is 25.5 Å². The van der Waals surface area contributed by atoms with Gasteiger partial charge < -0.3 is 29.8 Å². The molecule has 2 rings (SSSR count). The van der Waals surface area contributed by atoms with Gasteiger partial charge in [0.1, 0.15) is 11.5 Å². The number of hydrogen-bond donors (Lipinski definition) is 2. The van der Waals surface area contributed by atoms with Crippen molar-refractivity contribution in [2.45, 2.75) is 37.2 Å². The Morgan fingerprint density at radius 2 is 1.68 bits per heavy atom. The summed E-state index contributed by atoms with van der Waals surface area (Å²) in [5.41, 5.74) is 7.21. The minimum Gasteiger partial charge on any atom is -0.496 e. The van der Waals surface area contributed by atoms with Crippen LogP contribution in [-0.4, -0.2) is 44.9 Å². The monoisotopic (exact) mass is 311 g/mol. The van der Waals surface area contributed by atoms with Crippen molar-refractivity contribution in [3.05, 3.63) is 23.3 Å². The standard InChI is InChI=1S/C16H25NO5/c1-15(21-4,22-5)16(17)8-10-12(19-2)6-7-13(20-3)14(10)11(18)9-16/h6-7,11,18H,8-9,17H2,1-5H3. The Morgan fingerprint density at radius 1 is 1.14 bits per heavy atom. The maximum atomic E-state index is 10.7. The first-order valence-corrected chi connectivity index (χ1v) is 7.16. The molecule has 0 saturated heterocycles. The van der Waals surface area contributed by atoms with Gasteiger partial charge in [0, 0.05) is 31.8 Å². The summed E-state index contributed by atoms with van der Waals surface area (Å²) >= 11 is 0. The van der Waals surface area contributed by atoms with E-state index in [1.165, 1.54) is 0 Å². The third-order valence-electron chi connectivity index (χ3n) is 4.78.